The highest BCUT2D eigenvalue weighted by molar-refractivity contribution is 5.96. The molecular formula is C28H27NO4. The van der Waals surface area contributed by atoms with E-state index in [0.29, 0.717) is 12.0 Å². The van der Waals surface area contributed by atoms with Crippen LogP contribution >= 0.6 is 0 Å². The molecule has 1 fully saturated rings. The molecule has 5 nitrogen and oxygen atoms in total. The summed E-state index contributed by atoms with van der Waals surface area (Å²) in [5.74, 6) is 1.66. The fourth-order valence-electron chi connectivity index (χ4n) is 4.57. The van der Waals surface area contributed by atoms with Gasteiger partial charge in [-0.15, -0.1) is 0 Å². The summed E-state index contributed by atoms with van der Waals surface area (Å²) in [7, 11) is 3.50. The van der Waals surface area contributed by atoms with Crippen LogP contribution in [0.4, 0.5) is 0 Å². The summed E-state index contributed by atoms with van der Waals surface area (Å²) in [6, 6.07) is 19.7. The number of aryl methyl sites for hydroxylation is 1. The molecule has 1 saturated carbocycles. The van der Waals surface area contributed by atoms with Gasteiger partial charge in [-0.3, -0.25) is 9.59 Å². The Morgan fingerprint density at radius 3 is 2.48 bits per heavy atom. The molecule has 3 aromatic carbocycles. The van der Waals surface area contributed by atoms with Crippen molar-refractivity contribution in [2.24, 2.45) is 0 Å². The number of ketones is 1. The molecule has 1 heterocycles. The molecule has 33 heavy (non-hydrogen) atoms. The number of ether oxygens (including phenoxy) is 2. The third kappa shape index (κ3) is 3.88. The van der Waals surface area contributed by atoms with Crippen LogP contribution < -0.4 is 9.47 Å². The Kier molecular flexibility index (Phi) is 5.20. The lowest BCUT2D eigenvalue weighted by molar-refractivity contribution is -0.120. The van der Waals surface area contributed by atoms with Crippen molar-refractivity contribution < 1.29 is 19.1 Å². The maximum Gasteiger partial charge on any atom is 0.253 e. The van der Waals surface area contributed by atoms with Crippen molar-refractivity contribution in [2.45, 2.75) is 31.6 Å². The molecule has 0 bridgehead atoms. The number of hydrogen-bond donors (Lipinski definition) is 0. The zero-order valence-electron chi connectivity index (χ0n) is 19.2. The molecule has 5 heteroatoms. The number of carbonyl (C=O) groups is 2. The van der Waals surface area contributed by atoms with E-state index < -0.39 is 5.41 Å². The SMILES string of the molecule is Cc1ccc(CC(=O)C2(c3ccc4c(c3)OCO4)CC2)cc1-c1cccc(C(=O)N(C)C)c1. The minimum absolute atomic E-state index is 0.0276. The number of nitrogens with zero attached hydrogens (tertiary/aromatic N) is 1. The molecule has 168 valence electrons. The molecular weight excluding hydrogens is 414 g/mol. The quantitative estimate of drug-likeness (QED) is 0.544. The van der Waals surface area contributed by atoms with Gasteiger partial charge in [-0.25, -0.2) is 0 Å². The summed E-state index contributed by atoms with van der Waals surface area (Å²) in [6.07, 6.45) is 2.09. The van der Waals surface area contributed by atoms with E-state index in [2.05, 4.69) is 19.1 Å². The van der Waals surface area contributed by atoms with Gasteiger partial charge in [0.15, 0.2) is 11.5 Å². The molecule has 2 aliphatic rings. The summed E-state index contributed by atoms with van der Waals surface area (Å²) in [5.41, 5.74) is 5.35. The predicted octanol–water partition coefficient (Wildman–Crippen LogP) is 4.94. The largest absolute Gasteiger partial charge is 0.454 e. The van der Waals surface area contributed by atoms with Gasteiger partial charge in [-0.05, 0) is 71.8 Å². The van der Waals surface area contributed by atoms with Crippen molar-refractivity contribution in [3.63, 3.8) is 0 Å². The lowest BCUT2D eigenvalue weighted by atomic mass is 9.86. The maximum absolute atomic E-state index is 13.4. The average molecular weight is 442 g/mol. The highest BCUT2D eigenvalue weighted by atomic mass is 16.7. The van der Waals surface area contributed by atoms with E-state index in [9.17, 15) is 9.59 Å². The number of amides is 1. The van der Waals surface area contributed by atoms with Crippen LogP contribution in [-0.4, -0.2) is 37.5 Å². The van der Waals surface area contributed by atoms with Crippen LogP contribution in [0, 0.1) is 6.92 Å². The average Bonchev–Trinajstić information content (AvgIpc) is 3.50. The van der Waals surface area contributed by atoms with Gasteiger partial charge in [0.25, 0.3) is 5.91 Å². The summed E-state index contributed by atoms with van der Waals surface area (Å²) >= 11 is 0. The first-order valence-corrected chi connectivity index (χ1v) is 11.2. The second-order valence-electron chi connectivity index (χ2n) is 9.18. The lowest BCUT2D eigenvalue weighted by Gasteiger charge is -2.16. The van der Waals surface area contributed by atoms with Crippen molar-refractivity contribution in [1.29, 1.82) is 0 Å². The van der Waals surface area contributed by atoms with Crippen molar-refractivity contribution in [2.75, 3.05) is 20.9 Å². The van der Waals surface area contributed by atoms with E-state index in [0.717, 1.165) is 52.2 Å². The predicted molar refractivity (Wildman–Crippen MR) is 127 cm³/mol. The van der Waals surface area contributed by atoms with Gasteiger partial charge >= 0.3 is 0 Å². The van der Waals surface area contributed by atoms with Crippen LogP contribution in [0.15, 0.2) is 60.7 Å². The number of rotatable bonds is 6. The van der Waals surface area contributed by atoms with Gasteiger partial charge in [0, 0.05) is 26.1 Å². The molecule has 0 atom stereocenters. The molecule has 5 rings (SSSR count). The molecule has 0 spiro atoms. The summed E-state index contributed by atoms with van der Waals surface area (Å²) in [4.78, 5) is 27.4. The number of carbonyl (C=O) groups excluding carboxylic acids is 2. The Hall–Kier alpha value is -3.60. The second kappa shape index (κ2) is 8.07. The molecule has 0 radical (unpaired) electrons. The normalized spacial score (nSPS) is 15.2. The van der Waals surface area contributed by atoms with Crippen molar-refractivity contribution in [3.05, 3.63) is 82.9 Å². The molecule has 0 N–H and O–H groups in total. The van der Waals surface area contributed by atoms with Gasteiger partial charge in [-0.2, -0.15) is 0 Å². The second-order valence-corrected chi connectivity index (χ2v) is 9.18. The smallest absolute Gasteiger partial charge is 0.253 e. The Morgan fingerprint density at radius 1 is 0.939 bits per heavy atom. The Bertz CT molecular complexity index is 1260. The first kappa shape index (κ1) is 21.3. The zero-order valence-corrected chi connectivity index (χ0v) is 19.2. The van der Waals surface area contributed by atoms with E-state index in [-0.39, 0.29) is 18.5 Å². The van der Waals surface area contributed by atoms with Crippen molar-refractivity contribution in [1.82, 2.24) is 4.90 Å². The van der Waals surface area contributed by atoms with Crippen molar-refractivity contribution >= 4 is 11.7 Å². The fourth-order valence-corrected chi connectivity index (χ4v) is 4.57. The van der Waals surface area contributed by atoms with Crippen molar-refractivity contribution in [3.8, 4) is 22.6 Å². The fraction of sp³-hybridized carbons (Fsp3) is 0.286. The first-order valence-electron chi connectivity index (χ1n) is 11.2. The van der Waals surface area contributed by atoms with Gasteiger partial charge < -0.3 is 14.4 Å². The maximum atomic E-state index is 13.4. The number of Topliss-reactive ketones (excluding diaryl/α,β-unsaturated/α-hetero) is 1. The van der Waals surface area contributed by atoms with E-state index in [1.807, 2.05) is 48.5 Å². The molecule has 0 saturated heterocycles. The topological polar surface area (TPSA) is 55.8 Å². The lowest BCUT2D eigenvalue weighted by Crippen LogP contribution is -2.22. The van der Waals surface area contributed by atoms with Crippen LogP contribution in [0.3, 0.4) is 0 Å². The van der Waals surface area contributed by atoms with Crippen LogP contribution in [0.25, 0.3) is 11.1 Å². The zero-order chi connectivity index (χ0) is 23.2. The standard InChI is InChI=1S/C28H27NO4/c1-18-7-8-19(13-23(18)20-5-4-6-21(15-20)27(31)29(2)3)14-26(30)28(11-12-28)22-9-10-24-25(16-22)33-17-32-24/h4-10,13,15-16H,11-12,14,17H2,1-3H3. The summed E-state index contributed by atoms with van der Waals surface area (Å²) < 4.78 is 10.9. The third-order valence-corrected chi connectivity index (χ3v) is 6.70. The monoisotopic (exact) mass is 441 g/mol. The number of fused-ring (bicyclic) bond motifs is 1. The van der Waals surface area contributed by atoms with Gasteiger partial charge in [0.05, 0.1) is 5.41 Å². The highest BCUT2D eigenvalue weighted by Gasteiger charge is 2.50. The summed E-state index contributed by atoms with van der Waals surface area (Å²) in [6.45, 7) is 2.28. The first-order chi connectivity index (χ1) is 15.9. The molecule has 3 aromatic rings. The van der Waals surface area contributed by atoms with Crippen LogP contribution in [0.2, 0.25) is 0 Å². The number of benzene rings is 3. The van der Waals surface area contributed by atoms with Gasteiger partial charge in [-0.1, -0.05) is 36.4 Å². The Balaban J connectivity index is 1.41. The summed E-state index contributed by atoms with van der Waals surface area (Å²) in [5, 5.41) is 0. The van der Waals surface area contributed by atoms with Crippen LogP contribution in [0.5, 0.6) is 11.5 Å². The van der Waals surface area contributed by atoms with E-state index >= 15 is 0 Å². The van der Waals surface area contributed by atoms with E-state index in [4.69, 9.17) is 9.47 Å². The van der Waals surface area contributed by atoms with Crippen LogP contribution in [-0.2, 0) is 16.6 Å². The van der Waals surface area contributed by atoms with Gasteiger partial charge in [0.1, 0.15) is 5.78 Å². The van der Waals surface area contributed by atoms with E-state index in [1.165, 1.54) is 0 Å². The molecule has 0 unspecified atom stereocenters. The number of hydrogen-bond acceptors (Lipinski definition) is 4. The minimum atomic E-state index is -0.427. The third-order valence-electron chi connectivity index (χ3n) is 6.70. The molecule has 1 aliphatic carbocycles. The van der Waals surface area contributed by atoms with Gasteiger partial charge in [0.2, 0.25) is 6.79 Å². The molecule has 1 amide bonds. The van der Waals surface area contributed by atoms with Crippen LogP contribution in [0.1, 0.15) is 39.9 Å². The minimum Gasteiger partial charge on any atom is -0.454 e. The highest BCUT2D eigenvalue weighted by Crippen LogP contribution is 2.51. The van der Waals surface area contributed by atoms with E-state index in [1.54, 1.807) is 19.0 Å². The molecule has 1 aliphatic heterocycles. The molecule has 0 aromatic heterocycles. The Labute approximate surface area is 193 Å². The Morgan fingerprint density at radius 2 is 1.73 bits per heavy atom.